The fourth-order valence-corrected chi connectivity index (χ4v) is 3.48. The second-order valence-electron chi connectivity index (χ2n) is 6.59. The summed E-state index contributed by atoms with van der Waals surface area (Å²) >= 11 is 11.8. The number of hydrogen-bond donors (Lipinski definition) is 2. The van der Waals surface area contributed by atoms with Gasteiger partial charge in [0, 0.05) is 39.7 Å². The number of nitrogens with one attached hydrogen (secondary N) is 2. The van der Waals surface area contributed by atoms with Crippen molar-refractivity contribution in [3.8, 4) is 0 Å². The normalized spacial score (nSPS) is 18.7. The van der Waals surface area contributed by atoms with Crippen LogP contribution in [-0.4, -0.2) is 12.1 Å². The lowest BCUT2D eigenvalue weighted by atomic mass is 9.91. The maximum atomic E-state index is 14.1. The molecule has 1 aliphatic heterocycles. The van der Waals surface area contributed by atoms with Crippen molar-refractivity contribution >= 4 is 34.8 Å². The summed E-state index contributed by atoms with van der Waals surface area (Å²) in [7, 11) is 0. The minimum Gasteiger partial charge on any atom is -0.352 e. The molecule has 2 aromatic carbocycles. The number of benzene rings is 2. The van der Waals surface area contributed by atoms with Gasteiger partial charge in [0.15, 0.2) is 0 Å². The van der Waals surface area contributed by atoms with E-state index in [0.29, 0.717) is 0 Å². The molecule has 0 radical (unpaired) electrons. The molecule has 1 heterocycles. The van der Waals surface area contributed by atoms with E-state index in [-0.39, 0.29) is 51.3 Å². The van der Waals surface area contributed by atoms with E-state index < -0.39 is 17.6 Å². The topological polar surface area (TPSA) is 50.4 Å². The van der Waals surface area contributed by atoms with Crippen LogP contribution >= 0.6 is 23.2 Å². The van der Waals surface area contributed by atoms with E-state index >= 15 is 0 Å². The molecule has 0 saturated carbocycles. The van der Waals surface area contributed by atoms with Gasteiger partial charge in [0.2, 0.25) is 11.5 Å². The molecular formula is C20H16Cl2F4N2O2. The molecule has 0 spiro atoms. The second-order valence-corrected chi connectivity index (χ2v) is 7.46. The molecule has 1 unspecified atom stereocenters. The van der Waals surface area contributed by atoms with Gasteiger partial charge in [0.05, 0.1) is 5.70 Å². The number of hydrogen-bond acceptors (Lipinski definition) is 3. The van der Waals surface area contributed by atoms with Crippen molar-refractivity contribution in [3.63, 3.8) is 0 Å². The molecule has 0 bridgehead atoms. The van der Waals surface area contributed by atoms with Gasteiger partial charge in [-0.05, 0) is 42.5 Å². The SMILES string of the molecule is CCC(=O)NCc1cc(C2=CC(c3cc(Cl)cc(Cl)c3)(C(F)(F)F)ON2)ccc1F. The molecule has 0 aliphatic carbocycles. The Morgan fingerprint density at radius 1 is 1.17 bits per heavy atom. The molecule has 10 heteroatoms. The average Bonchev–Trinajstić information content (AvgIpc) is 3.13. The molecular weight excluding hydrogens is 447 g/mol. The maximum absolute atomic E-state index is 14.1. The highest BCUT2D eigenvalue weighted by molar-refractivity contribution is 6.34. The van der Waals surface area contributed by atoms with Crippen LogP contribution in [0.15, 0.2) is 42.5 Å². The standard InChI is InChI=1S/C20H16Cl2F4N2O2/c1-2-18(29)27-10-12-5-11(3-4-16(12)23)17-9-19(30-28-17,20(24,25)26)13-6-14(21)8-15(22)7-13/h3-9,28H,2,10H2,1H3,(H,27,29). The Morgan fingerprint density at radius 2 is 1.83 bits per heavy atom. The summed E-state index contributed by atoms with van der Waals surface area (Å²) < 4.78 is 56.2. The van der Waals surface area contributed by atoms with E-state index in [0.717, 1.165) is 24.3 Å². The van der Waals surface area contributed by atoms with Gasteiger partial charge in [-0.1, -0.05) is 30.1 Å². The number of carbonyl (C=O) groups is 1. The Kier molecular flexibility index (Phi) is 6.31. The third-order valence-corrected chi connectivity index (χ3v) is 4.97. The molecule has 160 valence electrons. The highest BCUT2D eigenvalue weighted by atomic mass is 35.5. The number of rotatable bonds is 5. The Balaban J connectivity index is 2.02. The van der Waals surface area contributed by atoms with Gasteiger partial charge in [0.1, 0.15) is 5.82 Å². The third kappa shape index (κ3) is 4.40. The summed E-state index contributed by atoms with van der Waals surface area (Å²) in [5.74, 6) is -0.881. The number of halogens is 6. The summed E-state index contributed by atoms with van der Waals surface area (Å²) in [4.78, 5) is 16.4. The monoisotopic (exact) mass is 462 g/mol. The molecule has 3 rings (SSSR count). The molecule has 1 amide bonds. The molecule has 30 heavy (non-hydrogen) atoms. The van der Waals surface area contributed by atoms with Crippen LogP contribution in [0.1, 0.15) is 30.0 Å². The predicted octanol–water partition coefficient (Wildman–Crippen LogP) is 5.49. The van der Waals surface area contributed by atoms with E-state index in [9.17, 15) is 22.4 Å². The van der Waals surface area contributed by atoms with E-state index in [1.54, 1.807) is 6.92 Å². The fourth-order valence-electron chi connectivity index (χ4n) is 2.95. The Labute approximate surface area is 179 Å². The van der Waals surface area contributed by atoms with Gasteiger partial charge in [-0.2, -0.15) is 13.2 Å². The van der Waals surface area contributed by atoms with Gasteiger partial charge in [0.25, 0.3) is 0 Å². The quantitative estimate of drug-likeness (QED) is 0.577. The molecule has 2 aromatic rings. The van der Waals surface area contributed by atoms with Crippen LogP contribution in [-0.2, 0) is 21.8 Å². The van der Waals surface area contributed by atoms with Crippen LogP contribution in [0.2, 0.25) is 10.0 Å². The number of carbonyl (C=O) groups excluding carboxylic acids is 1. The van der Waals surface area contributed by atoms with Crippen LogP contribution in [0.3, 0.4) is 0 Å². The fraction of sp³-hybridized carbons (Fsp3) is 0.250. The summed E-state index contributed by atoms with van der Waals surface area (Å²) in [6.45, 7) is 1.54. The van der Waals surface area contributed by atoms with E-state index in [1.165, 1.54) is 18.2 Å². The zero-order valence-corrected chi connectivity index (χ0v) is 17.1. The van der Waals surface area contributed by atoms with Crippen molar-refractivity contribution in [2.45, 2.75) is 31.7 Å². The van der Waals surface area contributed by atoms with E-state index in [4.69, 9.17) is 28.0 Å². The van der Waals surface area contributed by atoms with Crippen LogP contribution in [0.25, 0.3) is 5.70 Å². The molecule has 4 nitrogen and oxygen atoms in total. The molecule has 1 aliphatic rings. The van der Waals surface area contributed by atoms with E-state index in [2.05, 4.69) is 10.8 Å². The predicted molar refractivity (Wildman–Crippen MR) is 105 cm³/mol. The van der Waals surface area contributed by atoms with Gasteiger partial charge < -0.3 is 5.32 Å². The van der Waals surface area contributed by atoms with Crippen molar-refractivity contribution in [1.82, 2.24) is 10.8 Å². The van der Waals surface area contributed by atoms with E-state index in [1.807, 2.05) is 0 Å². The largest absolute Gasteiger partial charge is 0.428 e. The van der Waals surface area contributed by atoms with Crippen molar-refractivity contribution in [2.24, 2.45) is 0 Å². The average molecular weight is 463 g/mol. The first kappa shape index (κ1) is 22.4. The summed E-state index contributed by atoms with van der Waals surface area (Å²) in [6.07, 6.45) is -3.79. The maximum Gasteiger partial charge on any atom is 0.428 e. The summed E-state index contributed by atoms with van der Waals surface area (Å²) in [6, 6.07) is 7.28. The Morgan fingerprint density at radius 3 is 2.43 bits per heavy atom. The molecule has 0 saturated heterocycles. The molecule has 1 atom stereocenters. The van der Waals surface area contributed by atoms with Crippen LogP contribution in [0.4, 0.5) is 17.6 Å². The van der Waals surface area contributed by atoms with Gasteiger partial charge in [-0.3, -0.25) is 15.1 Å². The third-order valence-electron chi connectivity index (χ3n) is 4.54. The second kappa shape index (κ2) is 8.45. The highest BCUT2D eigenvalue weighted by Crippen LogP contribution is 2.48. The first-order chi connectivity index (χ1) is 14.1. The lowest BCUT2D eigenvalue weighted by Gasteiger charge is -2.28. The van der Waals surface area contributed by atoms with Gasteiger partial charge in [-0.25, -0.2) is 4.39 Å². The molecule has 0 fully saturated rings. The molecule has 2 N–H and O–H groups in total. The highest BCUT2D eigenvalue weighted by Gasteiger charge is 2.59. The molecule has 0 aromatic heterocycles. The zero-order valence-electron chi connectivity index (χ0n) is 15.5. The number of amides is 1. The minimum atomic E-state index is -4.85. The zero-order chi connectivity index (χ0) is 22.1. The number of alkyl halides is 3. The number of hydroxylamine groups is 1. The minimum absolute atomic E-state index is 0.0160. The summed E-state index contributed by atoms with van der Waals surface area (Å²) in [5, 5.41) is 2.56. The lowest BCUT2D eigenvalue weighted by Crippen LogP contribution is -2.42. The van der Waals surface area contributed by atoms with Gasteiger partial charge in [-0.15, -0.1) is 0 Å². The lowest BCUT2D eigenvalue weighted by molar-refractivity contribution is -0.269. The van der Waals surface area contributed by atoms with Crippen molar-refractivity contribution in [1.29, 1.82) is 0 Å². The smallest absolute Gasteiger partial charge is 0.352 e. The first-order valence-electron chi connectivity index (χ1n) is 8.81. The Hall–Kier alpha value is -2.29. The van der Waals surface area contributed by atoms with Crippen molar-refractivity contribution < 1.29 is 27.2 Å². The van der Waals surface area contributed by atoms with Crippen LogP contribution in [0, 0.1) is 5.82 Å². The van der Waals surface area contributed by atoms with Crippen LogP contribution < -0.4 is 10.8 Å². The first-order valence-corrected chi connectivity index (χ1v) is 9.57. The van der Waals surface area contributed by atoms with Crippen LogP contribution in [0.5, 0.6) is 0 Å². The van der Waals surface area contributed by atoms with Crippen molar-refractivity contribution in [2.75, 3.05) is 0 Å². The van der Waals surface area contributed by atoms with Gasteiger partial charge >= 0.3 is 6.18 Å². The Bertz CT molecular complexity index is 991. The van der Waals surface area contributed by atoms with Crippen molar-refractivity contribution in [3.05, 3.63) is 75.0 Å². The summed E-state index contributed by atoms with van der Waals surface area (Å²) in [5.41, 5.74) is -0.539.